The highest BCUT2D eigenvalue weighted by Gasteiger charge is 2.10. The van der Waals surface area contributed by atoms with Crippen LogP contribution in [0.2, 0.25) is 0 Å². The minimum atomic E-state index is -0.410. The van der Waals surface area contributed by atoms with E-state index in [0.717, 1.165) is 5.69 Å². The molecule has 0 aliphatic rings. The maximum atomic E-state index is 11.5. The Bertz CT molecular complexity index is 631. The molecule has 0 aliphatic carbocycles. The first kappa shape index (κ1) is 13.6. The molecule has 3 N–H and O–H groups in total. The predicted octanol–water partition coefficient (Wildman–Crippen LogP) is 1.14. The minimum Gasteiger partial charge on any atom is -0.462 e. The van der Waals surface area contributed by atoms with Gasteiger partial charge in [0.15, 0.2) is 5.84 Å². The zero-order valence-electron chi connectivity index (χ0n) is 10.9. The fourth-order valence-corrected chi connectivity index (χ4v) is 1.63. The van der Waals surface area contributed by atoms with Gasteiger partial charge in [-0.1, -0.05) is 5.16 Å². The third-order valence-electron chi connectivity index (χ3n) is 2.63. The first-order valence-corrected chi connectivity index (χ1v) is 5.96. The molecule has 0 spiro atoms. The average Bonchev–Trinajstić information content (AvgIpc) is 2.97. The molecule has 104 valence electrons. The molecule has 0 fully saturated rings. The summed E-state index contributed by atoms with van der Waals surface area (Å²) in [6.45, 7) is 2.06. The van der Waals surface area contributed by atoms with Gasteiger partial charge in [-0.3, -0.25) is 0 Å². The van der Waals surface area contributed by atoms with Gasteiger partial charge in [-0.25, -0.2) is 9.48 Å². The summed E-state index contributed by atoms with van der Waals surface area (Å²) in [6.07, 6.45) is 3.02. The molecule has 0 saturated heterocycles. The lowest BCUT2D eigenvalue weighted by atomic mass is 10.2. The van der Waals surface area contributed by atoms with Crippen molar-refractivity contribution in [3.63, 3.8) is 0 Å². The number of nitrogens with zero attached hydrogens (tertiary/aromatic N) is 3. The number of amidine groups is 1. The molecule has 7 nitrogen and oxygen atoms in total. The molecule has 0 unspecified atom stereocenters. The summed E-state index contributed by atoms with van der Waals surface area (Å²) in [5.74, 6) is -0.378. The van der Waals surface area contributed by atoms with Crippen molar-refractivity contribution < 1.29 is 14.7 Å². The Balaban J connectivity index is 2.22. The van der Waals surface area contributed by atoms with Crippen LogP contribution in [0.5, 0.6) is 0 Å². The van der Waals surface area contributed by atoms with Crippen LogP contribution in [0.15, 0.2) is 41.8 Å². The molecular weight excluding hydrogens is 260 g/mol. The molecule has 0 amide bonds. The van der Waals surface area contributed by atoms with Gasteiger partial charge < -0.3 is 15.7 Å². The number of rotatable bonds is 4. The molecule has 20 heavy (non-hydrogen) atoms. The van der Waals surface area contributed by atoms with Crippen LogP contribution in [0.4, 0.5) is 0 Å². The maximum Gasteiger partial charge on any atom is 0.341 e. The standard InChI is InChI=1S/C13H14N4O3/c1-2-20-13(18)10-7-15-17(8-10)11-5-3-9(4-6-11)12(14)16-19/h3-8,19H,2H2,1H3,(H2,14,16). The van der Waals surface area contributed by atoms with Gasteiger partial charge in [0.2, 0.25) is 0 Å². The molecule has 0 atom stereocenters. The van der Waals surface area contributed by atoms with E-state index in [1.54, 1.807) is 42.1 Å². The molecule has 2 rings (SSSR count). The number of esters is 1. The molecule has 0 bridgehead atoms. The van der Waals surface area contributed by atoms with Crippen molar-refractivity contribution in [2.75, 3.05) is 6.61 Å². The summed E-state index contributed by atoms with van der Waals surface area (Å²) < 4.78 is 6.43. The number of ether oxygens (including phenoxy) is 1. The highest BCUT2D eigenvalue weighted by Crippen LogP contribution is 2.11. The van der Waals surface area contributed by atoms with Crippen molar-refractivity contribution in [2.45, 2.75) is 6.92 Å². The zero-order chi connectivity index (χ0) is 14.5. The highest BCUT2D eigenvalue weighted by atomic mass is 16.5. The number of nitrogens with two attached hydrogens (primary N) is 1. The van der Waals surface area contributed by atoms with E-state index in [1.165, 1.54) is 6.20 Å². The Labute approximate surface area is 115 Å². The van der Waals surface area contributed by atoms with Gasteiger partial charge in [0.25, 0.3) is 0 Å². The second kappa shape index (κ2) is 5.87. The molecule has 0 radical (unpaired) electrons. The SMILES string of the molecule is CCOC(=O)c1cnn(-c2ccc(/C(N)=N\O)cc2)c1. The van der Waals surface area contributed by atoms with Crippen LogP contribution in [-0.4, -0.2) is 33.4 Å². The van der Waals surface area contributed by atoms with Gasteiger partial charge >= 0.3 is 5.97 Å². The number of hydrogen-bond acceptors (Lipinski definition) is 5. The number of carbonyl (C=O) groups is 1. The van der Waals surface area contributed by atoms with E-state index >= 15 is 0 Å². The summed E-state index contributed by atoms with van der Waals surface area (Å²) in [7, 11) is 0. The first-order valence-electron chi connectivity index (χ1n) is 5.96. The number of carbonyl (C=O) groups excluding carboxylic acids is 1. The lowest BCUT2D eigenvalue weighted by Crippen LogP contribution is -2.12. The highest BCUT2D eigenvalue weighted by molar-refractivity contribution is 5.97. The molecule has 7 heteroatoms. The van der Waals surface area contributed by atoms with Crippen LogP contribution in [-0.2, 0) is 4.74 Å². The van der Waals surface area contributed by atoms with Crippen LogP contribution in [0.3, 0.4) is 0 Å². The average molecular weight is 274 g/mol. The smallest absolute Gasteiger partial charge is 0.341 e. The van der Waals surface area contributed by atoms with Crippen LogP contribution in [0, 0.1) is 0 Å². The quantitative estimate of drug-likeness (QED) is 0.286. The number of aromatic nitrogens is 2. The van der Waals surface area contributed by atoms with Gasteiger partial charge in [-0.2, -0.15) is 5.10 Å². The predicted molar refractivity (Wildman–Crippen MR) is 72.0 cm³/mol. The van der Waals surface area contributed by atoms with Crippen molar-refractivity contribution in [2.24, 2.45) is 10.9 Å². The van der Waals surface area contributed by atoms with Crippen molar-refractivity contribution >= 4 is 11.8 Å². The largest absolute Gasteiger partial charge is 0.462 e. The zero-order valence-corrected chi connectivity index (χ0v) is 10.9. The lowest BCUT2D eigenvalue weighted by Gasteiger charge is -2.03. The molecule has 0 aliphatic heterocycles. The monoisotopic (exact) mass is 274 g/mol. The molecule has 1 aromatic carbocycles. The van der Waals surface area contributed by atoms with E-state index in [9.17, 15) is 4.79 Å². The lowest BCUT2D eigenvalue weighted by molar-refractivity contribution is 0.0526. The maximum absolute atomic E-state index is 11.5. The second-order valence-electron chi connectivity index (χ2n) is 3.93. The van der Waals surface area contributed by atoms with Gasteiger partial charge in [0, 0.05) is 11.8 Å². The summed E-state index contributed by atoms with van der Waals surface area (Å²) in [4.78, 5) is 11.5. The van der Waals surface area contributed by atoms with Gasteiger partial charge in [0.1, 0.15) is 0 Å². The van der Waals surface area contributed by atoms with Crippen LogP contribution < -0.4 is 5.73 Å². The third kappa shape index (κ3) is 2.77. The molecule has 1 aromatic heterocycles. The molecule has 1 heterocycles. The summed E-state index contributed by atoms with van der Waals surface area (Å²) in [5, 5.41) is 15.6. The van der Waals surface area contributed by atoms with Gasteiger partial charge in [-0.15, -0.1) is 0 Å². The Morgan fingerprint density at radius 3 is 2.70 bits per heavy atom. The van der Waals surface area contributed by atoms with E-state index in [2.05, 4.69) is 10.3 Å². The van der Waals surface area contributed by atoms with Crippen LogP contribution in [0.1, 0.15) is 22.8 Å². The number of oxime groups is 1. The Morgan fingerprint density at radius 2 is 2.10 bits per heavy atom. The Morgan fingerprint density at radius 1 is 1.40 bits per heavy atom. The fourth-order valence-electron chi connectivity index (χ4n) is 1.63. The van der Waals surface area contributed by atoms with E-state index < -0.39 is 5.97 Å². The Kier molecular flexibility index (Phi) is 3.99. The van der Waals surface area contributed by atoms with Gasteiger partial charge in [-0.05, 0) is 31.2 Å². The van der Waals surface area contributed by atoms with Crippen molar-refractivity contribution in [3.05, 3.63) is 47.8 Å². The fraction of sp³-hybridized carbons (Fsp3) is 0.154. The van der Waals surface area contributed by atoms with Crippen LogP contribution in [0.25, 0.3) is 5.69 Å². The molecule has 0 saturated carbocycles. The van der Waals surface area contributed by atoms with E-state index in [0.29, 0.717) is 17.7 Å². The molecular formula is C13H14N4O3. The normalized spacial score (nSPS) is 11.3. The molecule has 2 aromatic rings. The number of hydrogen-bond donors (Lipinski definition) is 2. The van der Waals surface area contributed by atoms with Crippen molar-refractivity contribution in [3.8, 4) is 5.69 Å². The summed E-state index contributed by atoms with van der Waals surface area (Å²) >= 11 is 0. The van der Waals surface area contributed by atoms with E-state index in [1.807, 2.05) is 0 Å². The topological polar surface area (TPSA) is 103 Å². The number of benzene rings is 1. The van der Waals surface area contributed by atoms with Crippen molar-refractivity contribution in [1.82, 2.24) is 9.78 Å². The second-order valence-corrected chi connectivity index (χ2v) is 3.93. The summed E-state index contributed by atoms with van der Waals surface area (Å²) in [5.41, 5.74) is 7.20. The summed E-state index contributed by atoms with van der Waals surface area (Å²) in [6, 6.07) is 6.87. The Hall–Kier alpha value is -2.83. The van der Waals surface area contributed by atoms with Crippen molar-refractivity contribution in [1.29, 1.82) is 0 Å². The van der Waals surface area contributed by atoms with E-state index in [4.69, 9.17) is 15.7 Å². The van der Waals surface area contributed by atoms with Crippen LogP contribution >= 0.6 is 0 Å². The van der Waals surface area contributed by atoms with E-state index in [-0.39, 0.29) is 5.84 Å². The van der Waals surface area contributed by atoms with Gasteiger partial charge in [0.05, 0.1) is 24.1 Å². The third-order valence-corrected chi connectivity index (χ3v) is 2.63. The minimum absolute atomic E-state index is 0.0317. The first-order chi connectivity index (χ1) is 9.65.